The van der Waals surface area contributed by atoms with Gasteiger partial charge in [-0.3, -0.25) is 19.9 Å². The van der Waals surface area contributed by atoms with Crippen LogP contribution in [0.1, 0.15) is 12.0 Å². The monoisotopic (exact) mass is 464 g/mol. The fourth-order valence-electron chi connectivity index (χ4n) is 2.93. The SMILES string of the molecule is O=C(CSc1cccc2cccnc12)NCCCNc1ccc(C(F)(F)F)cc1[N+](=O)[O-]. The zero-order valence-corrected chi connectivity index (χ0v) is 17.5. The molecule has 0 spiro atoms. The maximum absolute atomic E-state index is 12.8. The first kappa shape index (κ1) is 23.3. The van der Waals surface area contributed by atoms with Gasteiger partial charge in [0.15, 0.2) is 0 Å². The first-order chi connectivity index (χ1) is 15.3. The summed E-state index contributed by atoms with van der Waals surface area (Å²) < 4.78 is 38.3. The number of amides is 1. The van der Waals surface area contributed by atoms with Crippen molar-refractivity contribution in [3.05, 3.63) is 70.4 Å². The number of fused-ring (bicyclic) bond motifs is 1. The molecular formula is C21H19F3N4O3S. The average Bonchev–Trinajstić information content (AvgIpc) is 2.76. The number of para-hydroxylation sites is 1. The summed E-state index contributed by atoms with van der Waals surface area (Å²) in [4.78, 5) is 27.6. The van der Waals surface area contributed by atoms with E-state index in [9.17, 15) is 28.1 Å². The lowest BCUT2D eigenvalue weighted by Crippen LogP contribution is -2.27. The summed E-state index contributed by atoms with van der Waals surface area (Å²) in [7, 11) is 0. The number of pyridine rings is 1. The Kier molecular flexibility index (Phi) is 7.52. The number of rotatable bonds is 9. The third-order valence-electron chi connectivity index (χ3n) is 4.47. The van der Waals surface area contributed by atoms with E-state index in [0.29, 0.717) is 19.0 Å². The Hall–Kier alpha value is -3.34. The highest BCUT2D eigenvalue weighted by molar-refractivity contribution is 8.00. The van der Waals surface area contributed by atoms with E-state index < -0.39 is 22.4 Å². The fourth-order valence-corrected chi connectivity index (χ4v) is 3.81. The van der Waals surface area contributed by atoms with Gasteiger partial charge in [0.05, 0.1) is 21.8 Å². The van der Waals surface area contributed by atoms with Gasteiger partial charge in [-0.05, 0) is 30.7 Å². The standard InChI is InChI=1S/C21H19F3N4O3S/c22-21(23,24)15-7-8-16(17(12-15)28(30)31)25-10-3-11-26-19(29)13-32-18-6-1-4-14-5-2-9-27-20(14)18/h1-2,4-9,12,25H,3,10-11,13H2,(H,26,29). The van der Waals surface area contributed by atoms with Crippen LogP contribution in [0.3, 0.4) is 0 Å². The van der Waals surface area contributed by atoms with Crippen molar-refractivity contribution < 1.29 is 22.9 Å². The molecule has 168 valence electrons. The molecule has 32 heavy (non-hydrogen) atoms. The second kappa shape index (κ2) is 10.3. The average molecular weight is 464 g/mol. The van der Waals surface area contributed by atoms with Crippen LogP contribution in [0.2, 0.25) is 0 Å². The van der Waals surface area contributed by atoms with Crippen molar-refractivity contribution in [1.82, 2.24) is 10.3 Å². The molecule has 0 saturated heterocycles. The Labute approximate surface area is 185 Å². The van der Waals surface area contributed by atoms with Crippen LogP contribution in [0, 0.1) is 10.1 Å². The molecule has 0 bridgehead atoms. The number of benzene rings is 2. The fraction of sp³-hybridized carbons (Fsp3) is 0.238. The summed E-state index contributed by atoms with van der Waals surface area (Å²) in [6.45, 7) is 0.557. The van der Waals surface area contributed by atoms with Crippen LogP contribution in [0.4, 0.5) is 24.5 Å². The topological polar surface area (TPSA) is 97.2 Å². The number of carbonyl (C=O) groups is 1. The highest BCUT2D eigenvalue weighted by Gasteiger charge is 2.32. The summed E-state index contributed by atoms with van der Waals surface area (Å²) in [5, 5.41) is 17.6. The Morgan fingerprint density at radius 3 is 2.66 bits per heavy atom. The van der Waals surface area contributed by atoms with E-state index in [1.54, 1.807) is 6.20 Å². The molecule has 1 heterocycles. The molecule has 7 nitrogen and oxygen atoms in total. The van der Waals surface area contributed by atoms with Crippen molar-refractivity contribution >= 4 is 39.9 Å². The van der Waals surface area contributed by atoms with E-state index in [1.807, 2.05) is 30.3 Å². The number of nitrogens with zero attached hydrogens (tertiary/aromatic N) is 2. The lowest BCUT2D eigenvalue weighted by Gasteiger charge is -2.11. The Morgan fingerprint density at radius 2 is 1.91 bits per heavy atom. The Morgan fingerprint density at radius 1 is 1.12 bits per heavy atom. The van der Waals surface area contributed by atoms with E-state index in [0.717, 1.165) is 27.9 Å². The lowest BCUT2D eigenvalue weighted by atomic mass is 10.1. The largest absolute Gasteiger partial charge is 0.416 e. The van der Waals surface area contributed by atoms with Gasteiger partial charge in [0.2, 0.25) is 5.91 Å². The van der Waals surface area contributed by atoms with E-state index >= 15 is 0 Å². The number of nitro benzene ring substituents is 1. The maximum atomic E-state index is 12.8. The molecule has 2 aromatic carbocycles. The molecule has 0 atom stereocenters. The van der Waals surface area contributed by atoms with Gasteiger partial charge >= 0.3 is 6.18 Å². The van der Waals surface area contributed by atoms with Crippen molar-refractivity contribution in [3.63, 3.8) is 0 Å². The van der Waals surface area contributed by atoms with Crippen molar-refractivity contribution in [2.75, 3.05) is 24.2 Å². The molecule has 0 radical (unpaired) electrons. The van der Waals surface area contributed by atoms with E-state index in [4.69, 9.17) is 0 Å². The van der Waals surface area contributed by atoms with Crippen molar-refractivity contribution in [3.8, 4) is 0 Å². The lowest BCUT2D eigenvalue weighted by molar-refractivity contribution is -0.384. The van der Waals surface area contributed by atoms with E-state index in [-0.39, 0.29) is 23.9 Å². The van der Waals surface area contributed by atoms with Crippen LogP contribution in [-0.4, -0.2) is 34.7 Å². The van der Waals surface area contributed by atoms with E-state index in [2.05, 4.69) is 15.6 Å². The highest BCUT2D eigenvalue weighted by atomic mass is 32.2. The molecule has 0 aliphatic carbocycles. The molecular weight excluding hydrogens is 445 g/mol. The second-order valence-corrected chi connectivity index (χ2v) is 7.75. The maximum Gasteiger partial charge on any atom is 0.416 e. The minimum atomic E-state index is -4.66. The van der Waals surface area contributed by atoms with Gasteiger partial charge in [0, 0.05) is 35.6 Å². The highest BCUT2D eigenvalue weighted by Crippen LogP contribution is 2.35. The predicted molar refractivity (Wildman–Crippen MR) is 117 cm³/mol. The van der Waals surface area contributed by atoms with Gasteiger partial charge in [-0.25, -0.2) is 0 Å². The number of alkyl halides is 3. The number of halogens is 3. The number of anilines is 1. The van der Waals surface area contributed by atoms with Crippen LogP contribution in [0.15, 0.2) is 59.6 Å². The predicted octanol–water partition coefficient (Wildman–Crippen LogP) is 4.87. The molecule has 2 N–H and O–H groups in total. The quantitative estimate of drug-likeness (QED) is 0.203. The van der Waals surface area contributed by atoms with Crippen LogP contribution in [0.5, 0.6) is 0 Å². The van der Waals surface area contributed by atoms with Crippen molar-refractivity contribution in [1.29, 1.82) is 0 Å². The number of hydrogen-bond acceptors (Lipinski definition) is 6. The van der Waals surface area contributed by atoms with E-state index in [1.165, 1.54) is 11.8 Å². The summed E-state index contributed by atoms with van der Waals surface area (Å²) in [6.07, 6.45) is -2.53. The summed E-state index contributed by atoms with van der Waals surface area (Å²) >= 11 is 1.37. The summed E-state index contributed by atoms with van der Waals surface area (Å²) in [6, 6.07) is 11.9. The molecule has 0 aliphatic heterocycles. The zero-order valence-electron chi connectivity index (χ0n) is 16.7. The minimum absolute atomic E-state index is 0.00617. The van der Waals surface area contributed by atoms with Gasteiger partial charge in [0.25, 0.3) is 5.69 Å². The Balaban J connectivity index is 1.44. The third-order valence-corrected chi connectivity index (χ3v) is 5.51. The molecule has 1 aromatic heterocycles. The van der Waals surface area contributed by atoms with Gasteiger partial charge in [-0.1, -0.05) is 18.2 Å². The molecule has 3 rings (SSSR count). The molecule has 0 fully saturated rings. The van der Waals surface area contributed by atoms with Crippen molar-refractivity contribution in [2.24, 2.45) is 0 Å². The van der Waals surface area contributed by atoms with Crippen molar-refractivity contribution in [2.45, 2.75) is 17.5 Å². The summed E-state index contributed by atoms with van der Waals surface area (Å²) in [5.41, 5.74) is -0.909. The molecule has 0 unspecified atom stereocenters. The van der Waals surface area contributed by atoms with Crippen LogP contribution >= 0.6 is 11.8 Å². The number of nitro groups is 1. The normalized spacial score (nSPS) is 11.3. The molecule has 0 aliphatic rings. The van der Waals surface area contributed by atoms with Gasteiger partial charge < -0.3 is 10.6 Å². The molecule has 1 amide bonds. The van der Waals surface area contributed by atoms with Crippen LogP contribution in [0.25, 0.3) is 10.9 Å². The molecule has 0 saturated carbocycles. The molecule has 3 aromatic rings. The van der Waals surface area contributed by atoms with Gasteiger partial charge in [0.1, 0.15) is 5.69 Å². The third kappa shape index (κ3) is 6.10. The number of thioether (sulfide) groups is 1. The number of hydrogen-bond donors (Lipinski definition) is 2. The van der Waals surface area contributed by atoms with Gasteiger partial charge in [-0.15, -0.1) is 11.8 Å². The summed E-state index contributed by atoms with van der Waals surface area (Å²) in [5.74, 6) is 0.0245. The Bertz CT molecular complexity index is 1120. The number of aromatic nitrogens is 1. The minimum Gasteiger partial charge on any atom is -0.379 e. The smallest absolute Gasteiger partial charge is 0.379 e. The van der Waals surface area contributed by atoms with Gasteiger partial charge in [-0.2, -0.15) is 13.2 Å². The first-order valence-corrected chi connectivity index (χ1v) is 10.6. The first-order valence-electron chi connectivity index (χ1n) is 9.58. The van der Waals surface area contributed by atoms with Crippen LogP contribution in [-0.2, 0) is 11.0 Å². The number of carbonyl (C=O) groups excluding carboxylic acids is 1. The van der Waals surface area contributed by atoms with Crippen LogP contribution < -0.4 is 10.6 Å². The molecule has 11 heteroatoms. The second-order valence-electron chi connectivity index (χ2n) is 6.74. The zero-order chi connectivity index (χ0) is 23.1. The number of nitrogens with one attached hydrogen (secondary N) is 2.